The summed E-state index contributed by atoms with van der Waals surface area (Å²) in [5.74, 6) is 2.89. The summed E-state index contributed by atoms with van der Waals surface area (Å²) in [5.41, 5.74) is 0.710. The number of nitrogens with zero attached hydrogens (tertiary/aromatic N) is 1. The summed E-state index contributed by atoms with van der Waals surface area (Å²) in [6, 6.07) is 5.13. The Balaban J connectivity index is 2.38. The third kappa shape index (κ3) is 3.67. The van der Waals surface area contributed by atoms with Gasteiger partial charge in [0.2, 0.25) is 10.0 Å². The molecule has 1 aromatic carbocycles. The molecule has 7 heteroatoms. The first-order chi connectivity index (χ1) is 10.0. The van der Waals surface area contributed by atoms with Gasteiger partial charge in [0.1, 0.15) is 5.75 Å². The first kappa shape index (κ1) is 16.9. The molecular formula is C14H20ClNO3S2. The van der Waals surface area contributed by atoms with Gasteiger partial charge in [0.15, 0.2) is 0 Å². The number of hydrogen-bond acceptors (Lipinski definition) is 4. The molecular weight excluding hydrogens is 330 g/mol. The van der Waals surface area contributed by atoms with Gasteiger partial charge in [-0.2, -0.15) is 16.1 Å². The molecule has 118 valence electrons. The quantitative estimate of drug-likeness (QED) is 0.741. The number of aryl methyl sites for hydroxylation is 1. The van der Waals surface area contributed by atoms with Gasteiger partial charge < -0.3 is 4.74 Å². The van der Waals surface area contributed by atoms with Crippen molar-refractivity contribution in [2.45, 2.75) is 23.8 Å². The standard InChI is InChI=1S/C14H20ClNO3S2/c1-16(12-6-8-20-10-12)21(17,18)14-4-3-13(19-2)9-11(14)5-7-15/h3-4,9,12H,5-8,10H2,1-2H3. The molecule has 0 aromatic heterocycles. The molecule has 1 unspecified atom stereocenters. The van der Waals surface area contributed by atoms with Crippen molar-refractivity contribution in [3.8, 4) is 5.75 Å². The van der Waals surface area contributed by atoms with E-state index in [1.165, 1.54) is 4.31 Å². The van der Waals surface area contributed by atoms with Crippen LogP contribution in [0, 0.1) is 0 Å². The summed E-state index contributed by atoms with van der Waals surface area (Å²) < 4.78 is 32.4. The number of methoxy groups -OCH3 is 1. The van der Waals surface area contributed by atoms with E-state index >= 15 is 0 Å². The Kier molecular flexibility index (Phi) is 5.82. The zero-order chi connectivity index (χ0) is 15.5. The van der Waals surface area contributed by atoms with Crippen LogP contribution in [-0.4, -0.2) is 50.3 Å². The number of halogens is 1. The summed E-state index contributed by atoms with van der Waals surface area (Å²) in [7, 11) is -0.262. The molecule has 1 fully saturated rings. The minimum absolute atomic E-state index is 0.0750. The highest BCUT2D eigenvalue weighted by Gasteiger charge is 2.31. The van der Waals surface area contributed by atoms with Crippen LogP contribution in [0.2, 0.25) is 0 Å². The second kappa shape index (κ2) is 7.22. The van der Waals surface area contributed by atoms with Gasteiger partial charge in [-0.15, -0.1) is 11.6 Å². The lowest BCUT2D eigenvalue weighted by atomic mass is 10.1. The number of alkyl halides is 1. The number of hydrogen-bond donors (Lipinski definition) is 0. The minimum Gasteiger partial charge on any atom is -0.497 e. The molecule has 0 saturated carbocycles. The van der Waals surface area contributed by atoms with E-state index in [0.29, 0.717) is 28.5 Å². The molecule has 0 aliphatic carbocycles. The van der Waals surface area contributed by atoms with Crippen molar-refractivity contribution in [3.63, 3.8) is 0 Å². The Hall–Kier alpha value is -0.430. The Bertz CT molecular complexity index is 586. The van der Waals surface area contributed by atoms with Crippen molar-refractivity contribution in [2.75, 3.05) is 31.5 Å². The van der Waals surface area contributed by atoms with E-state index in [9.17, 15) is 8.42 Å². The van der Waals surface area contributed by atoms with E-state index in [0.717, 1.165) is 17.9 Å². The third-order valence-corrected chi connectivity index (χ3v) is 7.05. The van der Waals surface area contributed by atoms with Crippen LogP contribution in [0.1, 0.15) is 12.0 Å². The highest BCUT2D eigenvalue weighted by molar-refractivity contribution is 7.99. The fourth-order valence-electron chi connectivity index (χ4n) is 2.39. The molecule has 0 N–H and O–H groups in total. The maximum atomic E-state index is 12.8. The lowest BCUT2D eigenvalue weighted by Gasteiger charge is -2.24. The smallest absolute Gasteiger partial charge is 0.243 e. The Morgan fingerprint density at radius 2 is 2.24 bits per heavy atom. The van der Waals surface area contributed by atoms with E-state index in [4.69, 9.17) is 16.3 Å². The molecule has 1 heterocycles. The summed E-state index contributed by atoms with van der Waals surface area (Å²) in [5, 5.41) is 0. The van der Waals surface area contributed by atoms with Crippen LogP contribution in [0.25, 0.3) is 0 Å². The van der Waals surface area contributed by atoms with E-state index in [-0.39, 0.29) is 6.04 Å². The Morgan fingerprint density at radius 1 is 1.48 bits per heavy atom. The van der Waals surface area contributed by atoms with Gasteiger partial charge in [0, 0.05) is 24.7 Å². The molecule has 21 heavy (non-hydrogen) atoms. The maximum Gasteiger partial charge on any atom is 0.243 e. The number of benzene rings is 1. The van der Waals surface area contributed by atoms with Crippen molar-refractivity contribution in [1.29, 1.82) is 0 Å². The summed E-state index contributed by atoms with van der Waals surface area (Å²) in [6.07, 6.45) is 1.40. The normalized spacial score (nSPS) is 19.1. The van der Waals surface area contributed by atoms with Gasteiger partial charge in [0.05, 0.1) is 12.0 Å². The van der Waals surface area contributed by atoms with Crippen molar-refractivity contribution in [2.24, 2.45) is 0 Å². The van der Waals surface area contributed by atoms with Crippen LogP contribution in [-0.2, 0) is 16.4 Å². The van der Waals surface area contributed by atoms with Crippen LogP contribution >= 0.6 is 23.4 Å². The van der Waals surface area contributed by atoms with E-state index in [1.807, 2.05) is 0 Å². The summed E-state index contributed by atoms with van der Waals surface area (Å²) >= 11 is 7.60. The number of ether oxygens (including phenoxy) is 1. The number of thioether (sulfide) groups is 1. The zero-order valence-electron chi connectivity index (χ0n) is 12.2. The van der Waals surface area contributed by atoms with Crippen LogP contribution in [0.3, 0.4) is 0 Å². The first-order valence-corrected chi connectivity index (χ1v) is 9.92. The highest BCUT2D eigenvalue weighted by Crippen LogP contribution is 2.29. The molecule has 1 aromatic rings. The van der Waals surface area contributed by atoms with E-state index < -0.39 is 10.0 Å². The molecule has 0 spiro atoms. The largest absolute Gasteiger partial charge is 0.497 e. The number of rotatable bonds is 6. The maximum absolute atomic E-state index is 12.8. The van der Waals surface area contributed by atoms with Gasteiger partial charge in [-0.3, -0.25) is 0 Å². The predicted molar refractivity (Wildman–Crippen MR) is 88.1 cm³/mol. The second-order valence-corrected chi connectivity index (χ2v) is 8.45. The fraction of sp³-hybridized carbons (Fsp3) is 0.571. The van der Waals surface area contributed by atoms with Crippen molar-refractivity contribution >= 4 is 33.4 Å². The molecule has 1 aliphatic rings. The van der Waals surface area contributed by atoms with Crippen LogP contribution in [0.4, 0.5) is 0 Å². The van der Waals surface area contributed by atoms with Gasteiger partial charge in [-0.1, -0.05) is 0 Å². The summed E-state index contributed by atoms with van der Waals surface area (Å²) in [6.45, 7) is 0. The minimum atomic E-state index is -3.49. The Labute approximate surface area is 135 Å². The fourth-order valence-corrected chi connectivity index (χ4v) is 5.57. The number of sulfonamides is 1. The molecule has 0 radical (unpaired) electrons. The third-order valence-electron chi connectivity index (χ3n) is 3.71. The zero-order valence-corrected chi connectivity index (χ0v) is 14.6. The molecule has 1 aliphatic heterocycles. The van der Waals surface area contributed by atoms with Gasteiger partial charge in [-0.25, -0.2) is 8.42 Å². The van der Waals surface area contributed by atoms with Crippen molar-refractivity contribution in [1.82, 2.24) is 4.31 Å². The molecule has 0 bridgehead atoms. The van der Waals surface area contributed by atoms with Crippen LogP contribution in [0.5, 0.6) is 5.75 Å². The first-order valence-electron chi connectivity index (χ1n) is 6.79. The monoisotopic (exact) mass is 349 g/mol. The van der Waals surface area contributed by atoms with Crippen molar-refractivity contribution < 1.29 is 13.2 Å². The average molecular weight is 350 g/mol. The molecule has 1 saturated heterocycles. The van der Waals surface area contributed by atoms with Crippen LogP contribution in [0.15, 0.2) is 23.1 Å². The predicted octanol–water partition coefficient (Wildman–Crippen LogP) is 2.60. The molecule has 2 rings (SSSR count). The summed E-state index contributed by atoms with van der Waals surface area (Å²) in [4.78, 5) is 0.336. The van der Waals surface area contributed by atoms with Gasteiger partial charge >= 0.3 is 0 Å². The molecule has 0 amide bonds. The highest BCUT2D eigenvalue weighted by atomic mass is 35.5. The Morgan fingerprint density at radius 3 is 2.81 bits per heavy atom. The lowest BCUT2D eigenvalue weighted by Crippen LogP contribution is -2.37. The van der Waals surface area contributed by atoms with Gasteiger partial charge in [0.25, 0.3) is 0 Å². The van der Waals surface area contributed by atoms with E-state index in [2.05, 4.69) is 0 Å². The van der Waals surface area contributed by atoms with Crippen molar-refractivity contribution in [3.05, 3.63) is 23.8 Å². The van der Waals surface area contributed by atoms with E-state index in [1.54, 1.807) is 44.1 Å². The second-order valence-electron chi connectivity index (χ2n) is 4.95. The van der Waals surface area contributed by atoms with Gasteiger partial charge in [-0.05, 0) is 42.4 Å². The lowest BCUT2D eigenvalue weighted by molar-refractivity contribution is 0.393. The SMILES string of the molecule is COc1ccc(S(=O)(=O)N(C)C2CCSC2)c(CCCl)c1. The topological polar surface area (TPSA) is 46.6 Å². The molecule has 4 nitrogen and oxygen atoms in total. The van der Waals surface area contributed by atoms with Crippen LogP contribution < -0.4 is 4.74 Å². The average Bonchev–Trinajstić information content (AvgIpc) is 3.00. The molecule has 1 atom stereocenters.